The Labute approximate surface area is 150 Å². The molecule has 0 atom stereocenters. The van der Waals surface area contributed by atoms with Crippen molar-refractivity contribution in [2.24, 2.45) is 0 Å². The van der Waals surface area contributed by atoms with Gasteiger partial charge < -0.3 is 9.26 Å². The fourth-order valence-corrected chi connectivity index (χ4v) is 3.48. The Morgan fingerprint density at radius 1 is 1.25 bits per heavy atom. The summed E-state index contributed by atoms with van der Waals surface area (Å²) in [7, 11) is 0. The van der Waals surface area contributed by atoms with Gasteiger partial charge in [-0.3, -0.25) is 9.59 Å². The van der Waals surface area contributed by atoms with Crippen LogP contribution in [0.15, 0.2) is 33.5 Å². The summed E-state index contributed by atoms with van der Waals surface area (Å²) in [4.78, 5) is 28.3. The van der Waals surface area contributed by atoms with E-state index in [1.165, 1.54) is 22.7 Å². The lowest BCUT2D eigenvalue weighted by Gasteiger charge is -2.00. The van der Waals surface area contributed by atoms with Gasteiger partial charge in [0, 0.05) is 17.4 Å². The van der Waals surface area contributed by atoms with Crippen molar-refractivity contribution in [3.8, 4) is 11.4 Å². The summed E-state index contributed by atoms with van der Waals surface area (Å²) in [5, 5.41) is 7.61. The standard InChI is InChI=1S/C15H11ClN2O4S2/c16-12-3-2-11(24-12)10(19)1-4-14(20)21-7-13-17-15(18-22-13)9-5-6-23-8-9/h2-3,5-6,8H,1,4,7H2. The molecule has 3 heterocycles. The zero-order valence-electron chi connectivity index (χ0n) is 12.2. The molecule has 9 heteroatoms. The number of nitrogens with zero attached hydrogens (tertiary/aromatic N) is 2. The van der Waals surface area contributed by atoms with Gasteiger partial charge in [-0.2, -0.15) is 16.3 Å². The summed E-state index contributed by atoms with van der Waals surface area (Å²) < 4.78 is 10.6. The molecule has 0 saturated heterocycles. The molecule has 0 fully saturated rings. The van der Waals surface area contributed by atoms with E-state index >= 15 is 0 Å². The maximum Gasteiger partial charge on any atom is 0.306 e. The fraction of sp³-hybridized carbons (Fsp3) is 0.200. The number of rotatable bonds is 7. The third-order valence-corrected chi connectivity index (χ3v) is 4.96. The summed E-state index contributed by atoms with van der Waals surface area (Å²) in [6.07, 6.45) is 0.0551. The molecule has 0 amide bonds. The van der Waals surface area contributed by atoms with Crippen LogP contribution in [-0.2, 0) is 16.1 Å². The Bertz CT molecular complexity index is 841. The first-order chi connectivity index (χ1) is 11.6. The van der Waals surface area contributed by atoms with E-state index in [1.54, 1.807) is 12.1 Å². The molecular formula is C15H11ClN2O4S2. The lowest BCUT2D eigenvalue weighted by Crippen LogP contribution is -2.07. The molecule has 6 nitrogen and oxygen atoms in total. The van der Waals surface area contributed by atoms with Crippen molar-refractivity contribution in [3.63, 3.8) is 0 Å². The van der Waals surface area contributed by atoms with Gasteiger partial charge in [-0.1, -0.05) is 16.8 Å². The van der Waals surface area contributed by atoms with Crippen molar-refractivity contribution in [1.29, 1.82) is 0 Å². The highest BCUT2D eigenvalue weighted by atomic mass is 35.5. The SMILES string of the molecule is O=C(CCC(=O)c1ccc(Cl)s1)OCc1nc(-c2ccsc2)no1. The first-order valence-electron chi connectivity index (χ1n) is 6.91. The third-order valence-electron chi connectivity index (χ3n) is 3.01. The van der Waals surface area contributed by atoms with E-state index in [2.05, 4.69) is 10.1 Å². The third kappa shape index (κ3) is 4.28. The number of thiophene rings is 2. The molecule has 0 saturated carbocycles. The Morgan fingerprint density at radius 3 is 2.83 bits per heavy atom. The number of carbonyl (C=O) groups is 2. The summed E-state index contributed by atoms with van der Waals surface area (Å²) >= 11 is 8.49. The first-order valence-corrected chi connectivity index (χ1v) is 9.05. The van der Waals surface area contributed by atoms with Crippen LogP contribution < -0.4 is 0 Å². The second kappa shape index (κ2) is 7.69. The average Bonchev–Trinajstić information content (AvgIpc) is 3.30. The fourth-order valence-electron chi connectivity index (χ4n) is 1.84. The Morgan fingerprint density at radius 2 is 2.12 bits per heavy atom. The van der Waals surface area contributed by atoms with Crippen LogP contribution in [0.4, 0.5) is 0 Å². The average molecular weight is 383 g/mol. The Kier molecular flexibility index (Phi) is 5.39. The molecular weight excluding hydrogens is 372 g/mol. The van der Waals surface area contributed by atoms with Crippen molar-refractivity contribution in [3.05, 3.63) is 44.1 Å². The number of hydrogen-bond acceptors (Lipinski definition) is 8. The molecule has 0 aliphatic carbocycles. The quantitative estimate of drug-likeness (QED) is 0.449. The molecule has 0 N–H and O–H groups in total. The van der Waals surface area contributed by atoms with E-state index < -0.39 is 5.97 Å². The van der Waals surface area contributed by atoms with Gasteiger partial charge in [0.05, 0.1) is 15.6 Å². The maximum absolute atomic E-state index is 11.9. The summed E-state index contributed by atoms with van der Waals surface area (Å²) in [6, 6.07) is 5.16. The second-order valence-corrected chi connectivity index (χ2v) is 7.21. The molecule has 3 aromatic heterocycles. The highest BCUT2D eigenvalue weighted by Gasteiger charge is 2.14. The van der Waals surface area contributed by atoms with Gasteiger partial charge >= 0.3 is 5.97 Å². The zero-order valence-corrected chi connectivity index (χ0v) is 14.6. The van der Waals surface area contributed by atoms with Crippen LogP contribution in [0.1, 0.15) is 28.4 Å². The minimum Gasteiger partial charge on any atom is -0.456 e. The predicted molar refractivity (Wildman–Crippen MR) is 90.3 cm³/mol. The van der Waals surface area contributed by atoms with Crippen LogP contribution in [0.25, 0.3) is 11.4 Å². The number of ether oxygens (including phenoxy) is 1. The van der Waals surface area contributed by atoms with Crippen LogP contribution >= 0.6 is 34.3 Å². The lowest BCUT2D eigenvalue weighted by molar-refractivity contribution is -0.145. The molecule has 3 aromatic rings. The minimum absolute atomic E-state index is 0.0140. The summed E-state index contributed by atoms with van der Waals surface area (Å²) in [5.74, 6) is 0.0237. The molecule has 0 unspecified atom stereocenters. The summed E-state index contributed by atoms with van der Waals surface area (Å²) in [6.45, 7) is -0.116. The molecule has 3 rings (SSSR count). The van der Waals surface area contributed by atoms with Gasteiger partial charge in [0.15, 0.2) is 12.4 Å². The first kappa shape index (κ1) is 16.8. The number of halogens is 1. The number of ketones is 1. The van der Waals surface area contributed by atoms with Gasteiger partial charge in [0.1, 0.15) is 0 Å². The van der Waals surface area contributed by atoms with Crippen molar-refractivity contribution in [2.75, 3.05) is 0 Å². The second-order valence-electron chi connectivity index (χ2n) is 4.71. The molecule has 0 spiro atoms. The van der Waals surface area contributed by atoms with E-state index in [4.69, 9.17) is 20.9 Å². The van der Waals surface area contributed by atoms with Crippen LogP contribution in [0.2, 0.25) is 4.34 Å². The zero-order chi connectivity index (χ0) is 16.9. The highest BCUT2D eigenvalue weighted by molar-refractivity contribution is 7.18. The number of carbonyl (C=O) groups excluding carboxylic acids is 2. The number of aromatic nitrogens is 2. The van der Waals surface area contributed by atoms with Crippen LogP contribution in [0.5, 0.6) is 0 Å². The van der Waals surface area contributed by atoms with Gasteiger partial charge in [-0.25, -0.2) is 0 Å². The van der Waals surface area contributed by atoms with Gasteiger partial charge in [-0.05, 0) is 23.6 Å². The van der Waals surface area contributed by atoms with Gasteiger partial charge in [-0.15, -0.1) is 11.3 Å². The van der Waals surface area contributed by atoms with E-state index in [9.17, 15) is 9.59 Å². The lowest BCUT2D eigenvalue weighted by atomic mass is 10.2. The van der Waals surface area contributed by atoms with Crippen LogP contribution in [-0.4, -0.2) is 21.9 Å². The Balaban J connectivity index is 1.45. The normalized spacial score (nSPS) is 10.7. The molecule has 0 aromatic carbocycles. The molecule has 24 heavy (non-hydrogen) atoms. The Hall–Kier alpha value is -2.03. The van der Waals surface area contributed by atoms with E-state index in [-0.39, 0.29) is 31.1 Å². The largest absolute Gasteiger partial charge is 0.456 e. The molecule has 0 aliphatic rings. The van der Waals surface area contributed by atoms with Crippen LogP contribution in [0, 0.1) is 0 Å². The molecule has 124 valence electrons. The van der Waals surface area contributed by atoms with Crippen molar-refractivity contribution in [2.45, 2.75) is 19.4 Å². The van der Waals surface area contributed by atoms with Gasteiger partial charge in [0.25, 0.3) is 5.89 Å². The van der Waals surface area contributed by atoms with Crippen molar-refractivity contribution < 1.29 is 18.8 Å². The molecule has 0 aliphatic heterocycles. The van der Waals surface area contributed by atoms with Gasteiger partial charge in [0.2, 0.25) is 5.82 Å². The van der Waals surface area contributed by atoms with Crippen molar-refractivity contribution >= 4 is 46.0 Å². The van der Waals surface area contributed by atoms with Crippen LogP contribution in [0.3, 0.4) is 0 Å². The van der Waals surface area contributed by atoms with Crippen molar-refractivity contribution in [1.82, 2.24) is 10.1 Å². The topological polar surface area (TPSA) is 82.3 Å². The maximum atomic E-state index is 11.9. The molecule has 0 bridgehead atoms. The number of Topliss-reactive ketones (excluding diaryl/α,β-unsaturated/α-hetero) is 1. The van der Waals surface area contributed by atoms with E-state index in [0.29, 0.717) is 15.0 Å². The smallest absolute Gasteiger partial charge is 0.306 e. The highest BCUT2D eigenvalue weighted by Crippen LogP contribution is 2.23. The molecule has 0 radical (unpaired) electrons. The number of hydrogen-bond donors (Lipinski definition) is 0. The number of esters is 1. The predicted octanol–water partition coefficient (Wildman–Crippen LogP) is 4.22. The summed E-state index contributed by atoms with van der Waals surface area (Å²) in [5.41, 5.74) is 0.849. The van der Waals surface area contributed by atoms with E-state index in [0.717, 1.165) is 5.56 Å². The monoisotopic (exact) mass is 382 g/mol. The minimum atomic E-state index is -0.499. The van der Waals surface area contributed by atoms with E-state index in [1.807, 2.05) is 16.8 Å².